The largest absolute Gasteiger partial charge is 0.497 e. The molecule has 4 rings (SSSR count). The van der Waals surface area contributed by atoms with Gasteiger partial charge in [0, 0.05) is 23.0 Å². The van der Waals surface area contributed by atoms with Gasteiger partial charge in [-0.1, -0.05) is 19.3 Å². The highest BCUT2D eigenvalue weighted by Gasteiger charge is 2.31. The molecule has 0 saturated heterocycles. The van der Waals surface area contributed by atoms with E-state index in [0.717, 1.165) is 35.3 Å². The molecule has 1 fully saturated rings. The standard InChI is InChI=1S/C21H28N4O2/c1-15-16(2)22-21-24(18-9-11-19(27-3)12-10-18)13-23(14-25(21)20(15)26)17-7-5-4-6-8-17/h9-12,17H,4-8,13-14H2,1-3H3. The minimum absolute atomic E-state index is 0.0662. The molecule has 6 nitrogen and oxygen atoms in total. The lowest BCUT2D eigenvalue weighted by atomic mass is 9.94. The maximum atomic E-state index is 13.0. The van der Waals surface area contributed by atoms with Gasteiger partial charge in [0.2, 0.25) is 5.95 Å². The van der Waals surface area contributed by atoms with Gasteiger partial charge < -0.3 is 4.74 Å². The molecule has 2 aromatic rings. The highest BCUT2D eigenvalue weighted by Crippen LogP contribution is 2.32. The second-order valence-corrected chi connectivity index (χ2v) is 7.64. The van der Waals surface area contributed by atoms with Crippen LogP contribution >= 0.6 is 0 Å². The first-order chi connectivity index (χ1) is 13.1. The summed E-state index contributed by atoms with van der Waals surface area (Å²) in [5.41, 5.74) is 2.63. The van der Waals surface area contributed by atoms with E-state index in [0.29, 0.717) is 12.7 Å². The van der Waals surface area contributed by atoms with Crippen molar-refractivity contribution >= 4 is 11.6 Å². The van der Waals surface area contributed by atoms with Crippen LogP contribution in [0.3, 0.4) is 0 Å². The summed E-state index contributed by atoms with van der Waals surface area (Å²) in [5, 5.41) is 0. The molecule has 1 saturated carbocycles. The van der Waals surface area contributed by atoms with E-state index < -0.39 is 0 Å². The second kappa shape index (κ2) is 7.35. The van der Waals surface area contributed by atoms with Crippen molar-refractivity contribution < 1.29 is 4.74 Å². The molecule has 0 amide bonds. The van der Waals surface area contributed by atoms with Gasteiger partial charge >= 0.3 is 0 Å². The van der Waals surface area contributed by atoms with E-state index in [1.807, 2.05) is 42.7 Å². The molecule has 0 bridgehead atoms. The lowest BCUT2D eigenvalue weighted by Gasteiger charge is -2.43. The zero-order valence-corrected chi connectivity index (χ0v) is 16.4. The first-order valence-electron chi connectivity index (χ1n) is 9.82. The number of hydrogen-bond donors (Lipinski definition) is 0. The normalized spacial score (nSPS) is 18.4. The maximum absolute atomic E-state index is 13.0. The number of aromatic nitrogens is 2. The number of aryl methyl sites for hydroxylation is 1. The molecule has 0 atom stereocenters. The van der Waals surface area contributed by atoms with Gasteiger partial charge in [0.25, 0.3) is 5.56 Å². The third-order valence-electron chi connectivity index (χ3n) is 5.98. The van der Waals surface area contributed by atoms with E-state index in [2.05, 4.69) is 9.80 Å². The van der Waals surface area contributed by atoms with Gasteiger partial charge in [-0.25, -0.2) is 4.98 Å². The Morgan fingerprint density at radius 3 is 2.41 bits per heavy atom. The number of fused-ring (bicyclic) bond motifs is 1. The first kappa shape index (κ1) is 18.0. The number of benzene rings is 1. The van der Waals surface area contributed by atoms with Crippen molar-refractivity contribution in [1.29, 1.82) is 0 Å². The summed E-state index contributed by atoms with van der Waals surface area (Å²) in [6.45, 7) is 5.16. The maximum Gasteiger partial charge on any atom is 0.259 e. The number of anilines is 2. The predicted molar refractivity (Wildman–Crippen MR) is 107 cm³/mol. The quantitative estimate of drug-likeness (QED) is 0.829. The Labute approximate surface area is 160 Å². The van der Waals surface area contributed by atoms with Crippen LogP contribution in [0.15, 0.2) is 29.1 Å². The summed E-state index contributed by atoms with van der Waals surface area (Å²) in [4.78, 5) is 22.4. The summed E-state index contributed by atoms with van der Waals surface area (Å²) in [5.74, 6) is 1.56. The van der Waals surface area contributed by atoms with Gasteiger partial charge in [-0.15, -0.1) is 0 Å². The van der Waals surface area contributed by atoms with Crippen molar-refractivity contribution in [2.24, 2.45) is 0 Å². The Morgan fingerprint density at radius 1 is 1.04 bits per heavy atom. The Kier molecular flexibility index (Phi) is 4.91. The van der Waals surface area contributed by atoms with Gasteiger partial charge in [-0.3, -0.25) is 19.2 Å². The molecule has 0 radical (unpaired) electrons. The van der Waals surface area contributed by atoms with Crippen molar-refractivity contribution in [3.63, 3.8) is 0 Å². The first-order valence-corrected chi connectivity index (χ1v) is 9.82. The van der Waals surface area contributed by atoms with Crippen molar-refractivity contribution in [2.45, 2.75) is 58.7 Å². The fourth-order valence-electron chi connectivity index (χ4n) is 4.18. The molecule has 1 aliphatic carbocycles. The van der Waals surface area contributed by atoms with Gasteiger partial charge in [0.1, 0.15) is 5.75 Å². The number of nitrogens with zero attached hydrogens (tertiary/aromatic N) is 4. The molecule has 0 unspecified atom stereocenters. The minimum atomic E-state index is 0.0662. The molecule has 1 aliphatic heterocycles. The number of ether oxygens (including phenoxy) is 1. The number of methoxy groups -OCH3 is 1. The Morgan fingerprint density at radius 2 is 1.74 bits per heavy atom. The molecule has 2 heterocycles. The van der Waals surface area contributed by atoms with E-state index in [4.69, 9.17) is 9.72 Å². The monoisotopic (exact) mass is 368 g/mol. The molecular weight excluding hydrogens is 340 g/mol. The summed E-state index contributed by atoms with van der Waals surface area (Å²) >= 11 is 0. The van der Waals surface area contributed by atoms with Crippen LogP contribution in [0.25, 0.3) is 0 Å². The summed E-state index contributed by atoms with van der Waals surface area (Å²) in [6.07, 6.45) is 6.29. The van der Waals surface area contributed by atoms with Gasteiger partial charge in [-0.05, 0) is 51.0 Å². The Balaban J connectivity index is 1.77. The van der Waals surface area contributed by atoms with Crippen LogP contribution in [-0.4, -0.2) is 34.3 Å². The van der Waals surface area contributed by atoms with Crippen LogP contribution in [-0.2, 0) is 6.67 Å². The van der Waals surface area contributed by atoms with E-state index in [1.165, 1.54) is 32.1 Å². The second-order valence-electron chi connectivity index (χ2n) is 7.64. The molecular formula is C21H28N4O2. The average molecular weight is 368 g/mol. The minimum Gasteiger partial charge on any atom is -0.497 e. The molecule has 2 aliphatic rings. The summed E-state index contributed by atoms with van der Waals surface area (Å²) in [7, 11) is 1.67. The van der Waals surface area contributed by atoms with Crippen molar-refractivity contribution in [1.82, 2.24) is 14.5 Å². The molecule has 144 valence electrons. The van der Waals surface area contributed by atoms with E-state index in [9.17, 15) is 4.79 Å². The van der Waals surface area contributed by atoms with Crippen LogP contribution in [0.1, 0.15) is 43.4 Å². The van der Waals surface area contributed by atoms with E-state index in [1.54, 1.807) is 7.11 Å². The smallest absolute Gasteiger partial charge is 0.259 e. The molecule has 1 aromatic carbocycles. The van der Waals surface area contributed by atoms with Crippen LogP contribution < -0.4 is 15.2 Å². The highest BCUT2D eigenvalue weighted by molar-refractivity contribution is 5.59. The van der Waals surface area contributed by atoms with Crippen molar-refractivity contribution in [2.75, 3.05) is 18.7 Å². The Hall–Kier alpha value is -2.34. The Bertz CT molecular complexity index is 869. The average Bonchev–Trinajstić information content (AvgIpc) is 2.72. The van der Waals surface area contributed by atoms with Crippen molar-refractivity contribution in [3.05, 3.63) is 45.9 Å². The zero-order valence-electron chi connectivity index (χ0n) is 16.4. The van der Waals surface area contributed by atoms with Crippen LogP contribution in [0.4, 0.5) is 11.6 Å². The van der Waals surface area contributed by atoms with Gasteiger partial charge in [0.05, 0.1) is 20.4 Å². The molecule has 27 heavy (non-hydrogen) atoms. The van der Waals surface area contributed by atoms with Gasteiger partial charge in [-0.2, -0.15) is 0 Å². The summed E-state index contributed by atoms with van der Waals surface area (Å²) < 4.78 is 7.13. The molecule has 1 aromatic heterocycles. The predicted octanol–water partition coefficient (Wildman–Crippen LogP) is 3.57. The topological polar surface area (TPSA) is 50.6 Å². The van der Waals surface area contributed by atoms with Crippen molar-refractivity contribution in [3.8, 4) is 5.75 Å². The van der Waals surface area contributed by atoms with Gasteiger partial charge in [0.15, 0.2) is 0 Å². The fraction of sp³-hybridized carbons (Fsp3) is 0.524. The molecule has 0 N–H and O–H groups in total. The SMILES string of the molecule is COc1ccc(N2CN(C3CCCCC3)Cn3c2nc(C)c(C)c3=O)cc1. The zero-order chi connectivity index (χ0) is 19.0. The third kappa shape index (κ3) is 3.34. The van der Waals surface area contributed by atoms with E-state index >= 15 is 0 Å². The number of rotatable bonds is 3. The highest BCUT2D eigenvalue weighted by atomic mass is 16.5. The van der Waals surface area contributed by atoms with Crippen LogP contribution in [0.5, 0.6) is 5.75 Å². The van der Waals surface area contributed by atoms with Crippen LogP contribution in [0, 0.1) is 13.8 Å². The molecule has 6 heteroatoms. The lowest BCUT2D eigenvalue weighted by molar-refractivity contribution is 0.107. The lowest BCUT2D eigenvalue weighted by Crippen LogP contribution is -2.51. The molecule has 0 spiro atoms. The van der Waals surface area contributed by atoms with E-state index in [-0.39, 0.29) is 5.56 Å². The summed E-state index contributed by atoms with van der Waals surface area (Å²) in [6, 6.07) is 8.52. The fourth-order valence-corrected chi connectivity index (χ4v) is 4.18. The van der Waals surface area contributed by atoms with Crippen LogP contribution in [0.2, 0.25) is 0 Å². The third-order valence-corrected chi connectivity index (χ3v) is 5.98. The number of hydrogen-bond acceptors (Lipinski definition) is 5.